The number of imidazole rings is 1. The molecular formula is C26H29ClFN7O2. The molecule has 9 nitrogen and oxygen atoms in total. The van der Waals surface area contributed by atoms with Crippen LogP contribution in [0.2, 0.25) is 5.02 Å². The van der Waals surface area contributed by atoms with Crippen molar-refractivity contribution in [3.63, 3.8) is 0 Å². The molecule has 37 heavy (non-hydrogen) atoms. The van der Waals surface area contributed by atoms with Gasteiger partial charge in [-0.15, -0.1) is 0 Å². The highest BCUT2D eigenvalue weighted by molar-refractivity contribution is 6.31. The van der Waals surface area contributed by atoms with E-state index >= 15 is 0 Å². The van der Waals surface area contributed by atoms with Gasteiger partial charge in [0.2, 0.25) is 5.91 Å². The number of nitrogen functional groups attached to an aromatic ring is 1. The first-order valence-corrected chi connectivity index (χ1v) is 12.3. The predicted octanol–water partition coefficient (Wildman–Crippen LogP) is 4.67. The Morgan fingerprint density at radius 1 is 1.27 bits per heavy atom. The summed E-state index contributed by atoms with van der Waals surface area (Å²) in [6.07, 6.45) is 5.32. The highest BCUT2D eigenvalue weighted by atomic mass is 35.5. The van der Waals surface area contributed by atoms with Gasteiger partial charge in [0.1, 0.15) is 11.5 Å². The lowest BCUT2D eigenvalue weighted by atomic mass is 9.97. The number of benzene rings is 2. The van der Waals surface area contributed by atoms with Crippen molar-refractivity contribution in [1.29, 1.82) is 0 Å². The van der Waals surface area contributed by atoms with E-state index in [0.717, 1.165) is 18.4 Å². The molecule has 194 valence electrons. The van der Waals surface area contributed by atoms with E-state index in [-0.39, 0.29) is 28.2 Å². The van der Waals surface area contributed by atoms with Crippen molar-refractivity contribution in [2.45, 2.75) is 38.6 Å². The van der Waals surface area contributed by atoms with E-state index in [2.05, 4.69) is 25.9 Å². The van der Waals surface area contributed by atoms with Crippen LogP contribution in [0.1, 0.15) is 44.5 Å². The Morgan fingerprint density at radius 3 is 2.89 bits per heavy atom. The quantitative estimate of drug-likeness (QED) is 0.215. The summed E-state index contributed by atoms with van der Waals surface area (Å²) in [5.41, 5.74) is 14.4. The topological polar surface area (TPSA) is 151 Å². The molecule has 0 saturated heterocycles. The molecule has 0 fully saturated rings. The van der Waals surface area contributed by atoms with Gasteiger partial charge in [-0.05, 0) is 42.7 Å². The molecule has 0 radical (unpaired) electrons. The maximum Gasteiger partial charge on any atom is 0.269 e. The van der Waals surface area contributed by atoms with Crippen LogP contribution in [0.25, 0.3) is 11.3 Å². The van der Waals surface area contributed by atoms with Crippen LogP contribution >= 0.6 is 11.6 Å². The highest BCUT2D eigenvalue weighted by Gasteiger charge is 2.22. The molecule has 1 aliphatic rings. The average molecular weight is 526 g/mol. The Hall–Kier alpha value is -4.05. The Balaban J connectivity index is 1.57. The van der Waals surface area contributed by atoms with Crippen molar-refractivity contribution < 1.29 is 14.0 Å². The summed E-state index contributed by atoms with van der Waals surface area (Å²) in [5, 5.41) is 8.51. The summed E-state index contributed by atoms with van der Waals surface area (Å²) >= 11 is 5.80. The SMILES string of the molecule is CC1CCCC(NC(=O)/C(N)=C/Nc2cccc(Cl)c2F)c2ncc([nH]2)-c2ccc(N)cc2NC(=O)C1. The molecule has 0 spiro atoms. The molecule has 2 amide bonds. The number of fused-ring (bicyclic) bond motifs is 4. The summed E-state index contributed by atoms with van der Waals surface area (Å²) < 4.78 is 14.1. The molecule has 1 aliphatic heterocycles. The number of anilines is 3. The molecule has 2 aromatic carbocycles. The number of aromatic amines is 1. The molecule has 8 N–H and O–H groups in total. The van der Waals surface area contributed by atoms with E-state index < -0.39 is 17.8 Å². The van der Waals surface area contributed by atoms with Gasteiger partial charge in [-0.1, -0.05) is 37.4 Å². The smallest absolute Gasteiger partial charge is 0.269 e. The number of hydrogen-bond acceptors (Lipinski definition) is 6. The summed E-state index contributed by atoms with van der Waals surface area (Å²) in [6, 6.07) is 9.27. The number of amides is 2. The largest absolute Gasteiger partial charge is 0.399 e. The molecule has 4 rings (SSSR count). The van der Waals surface area contributed by atoms with Crippen molar-refractivity contribution in [1.82, 2.24) is 15.3 Å². The third kappa shape index (κ3) is 6.39. The molecule has 2 bridgehead atoms. The Labute approximate surface area is 218 Å². The third-order valence-corrected chi connectivity index (χ3v) is 6.45. The number of nitrogens with one attached hydrogen (secondary N) is 4. The van der Waals surface area contributed by atoms with Gasteiger partial charge in [-0.3, -0.25) is 9.59 Å². The normalized spacial score (nSPS) is 18.5. The van der Waals surface area contributed by atoms with Gasteiger partial charge < -0.3 is 32.4 Å². The second-order valence-corrected chi connectivity index (χ2v) is 9.55. The maximum atomic E-state index is 14.1. The summed E-state index contributed by atoms with van der Waals surface area (Å²) in [4.78, 5) is 33.3. The first-order valence-electron chi connectivity index (χ1n) is 11.9. The van der Waals surface area contributed by atoms with Gasteiger partial charge in [-0.25, -0.2) is 9.37 Å². The molecule has 3 aromatic rings. The van der Waals surface area contributed by atoms with E-state index in [0.29, 0.717) is 35.7 Å². The van der Waals surface area contributed by atoms with Crippen LogP contribution < -0.4 is 27.4 Å². The van der Waals surface area contributed by atoms with Gasteiger partial charge in [0, 0.05) is 23.9 Å². The minimum Gasteiger partial charge on any atom is -0.399 e. The van der Waals surface area contributed by atoms with Crippen molar-refractivity contribution in [2.24, 2.45) is 11.7 Å². The molecule has 2 heterocycles. The minimum atomic E-state index is -0.642. The Kier molecular flexibility index (Phi) is 7.98. The van der Waals surface area contributed by atoms with Crippen LogP contribution in [0.3, 0.4) is 0 Å². The molecule has 2 atom stereocenters. The number of hydrogen-bond donors (Lipinski definition) is 6. The van der Waals surface area contributed by atoms with E-state index in [1.807, 2.05) is 6.92 Å². The number of nitrogens with two attached hydrogens (primary N) is 2. The third-order valence-electron chi connectivity index (χ3n) is 6.16. The zero-order valence-corrected chi connectivity index (χ0v) is 21.0. The molecular weight excluding hydrogens is 497 g/mol. The highest BCUT2D eigenvalue weighted by Crippen LogP contribution is 2.31. The van der Waals surface area contributed by atoms with Crippen LogP contribution in [-0.2, 0) is 9.59 Å². The molecule has 1 aromatic heterocycles. The number of carbonyl (C=O) groups is 2. The van der Waals surface area contributed by atoms with Gasteiger partial charge in [0.15, 0.2) is 5.82 Å². The number of rotatable bonds is 4. The lowest BCUT2D eigenvalue weighted by Gasteiger charge is -2.18. The number of carbonyl (C=O) groups excluding carboxylic acids is 2. The van der Waals surface area contributed by atoms with Crippen molar-refractivity contribution in [3.8, 4) is 11.3 Å². The lowest BCUT2D eigenvalue weighted by Crippen LogP contribution is -2.33. The molecule has 0 aliphatic carbocycles. The number of halogens is 2. The zero-order chi connectivity index (χ0) is 26.5. The van der Waals surface area contributed by atoms with Crippen LogP contribution in [-0.4, -0.2) is 21.8 Å². The first kappa shape index (κ1) is 26.0. The molecule has 2 unspecified atom stereocenters. The van der Waals surface area contributed by atoms with E-state index in [1.165, 1.54) is 18.3 Å². The zero-order valence-electron chi connectivity index (χ0n) is 20.3. The Morgan fingerprint density at radius 2 is 2.08 bits per heavy atom. The van der Waals surface area contributed by atoms with Crippen LogP contribution in [0.5, 0.6) is 0 Å². The van der Waals surface area contributed by atoms with Gasteiger partial charge in [0.25, 0.3) is 5.91 Å². The fourth-order valence-corrected chi connectivity index (χ4v) is 4.37. The fraction of sp³-hybridized carbons (Fsp3) is 0.269. The van der Waals surface area contributed by atoms with Crippen molar-refractivity contribution in [2.75, 3.05) is 16.4 Å². The second-order valence-electron chi connectivity index (χ2n) is 9.15. The monoisotopic (exact) mass is 525 g/mol. The fourth-order valence-electron chi connectivity index (χ4n) is 4.20. The number of nitrogens with zero attached hydrogens (tertiary/aromatic N) is 1. The molecule has 0 saturated carbocycles. The standard InChI is InChI=1S/C26H29ClFN7O2/c1-14-4-2-7-20(35-26(37)18(30)12-31-19-6-3-5-17(27)24(19)28)25-32-13-22(34-25)16-9-8-15(29)11-21(16)33-23(36)10-14/h3,5-6,8-9,11-14,20,31H,2,4,7,10,29-30H2,1H3,(H,32,34)(H,33,36)(H,35,37)/b18-12-. The second kappa shape index (κ2) is 11.3. The number of aromatic nitrogens is 2. The van der Waals surface area contributed by atoms with Crippen LogP contribution in [0, 0.1) is 11.7 Å². The van der Waals surface area contributed by atoms with Crippen LogP contribution in [0.15, 0.2) is 54.5 Å². The molecule has 11 heteroatoms. The summed E-state index contributed by atoms with van der Waals surface area (Å²) in [7, 11) is 0. The van der Waals surface area contributed by atoms with E-state index in [4.69, 9.17) is 23.1 Å². The van der Waals surface area contributed by atoms with Crippen molar-refractivity contribution in [3.05, 3.63) is 71.2 Å². The van der Waals surface area contributed by atoms with Gasteiger partial charge in [0.05, 0.1) is 34.3 Å². The first-order chi connectivity index (χ1) is 17.7. The Bertz CT molecular complexity index is 1340. The van der Waals surface area contributed by atoms with E-state index in [9.17, 15) is 14.0 Å². The number of H-pyrrole nitrogens is 1. The van der Waals surface area contributed by atoms with Gasteiger partial charge >= 0.3 is 0 Å². The average Bonchev–Trinajstić information content (AvgIpc) is 3.33. The van der Waals surface area contributed by atoms with E-state index in [1.54, 1.807) is 30.5 Å². The minimum absolute atomic E-state index is 0.0468. The summed E-state index contributed by atoms with van der Waals surface area (Å²) in [5.74, 6) is -0.596. The van der Waals surface area contributed by atoms with Gasteiger partial charge in [-0.2, -0.15) is 0 Å². The predicted molar refractivity (Wildman–Crippen MR) is 143 cm³/mol. The lowest BCUT2D eigenvalue weighted by molar-refractivity contribution is -0.118. The van der Waals surface area contributed by atoms with Crippen molar-refractivity contribution >= 4 is 40.5 Å². The maximum absolute atomic E-state index is 14.1. The summed E-state index contributed by atoms with van der Waals surface area (Å²) in [6.45, 7) is 2.01. The van der Waals surface area contributed by atoms with Crippen LogP contribution in [0.4, 0.5) is 21.5 Å².